The number of carbonyl (C=O) groups is 2. The number of rotatable bonds is 5. The molecule has 1 spiro atoms. The Morgan fingerprint density at radius 3 is 2.69 bits per heavy atom. The first-order chi connectivity index (χ1) is 12.7. The zero-order valence-electron chi connectivity index (χ0n) is 14.6. The third-order valence-corrected chi connectivity index (χ3v) is 5.45. The number of amides is 2. The lowest BCUT2D eigenvalue weighted by atomic mass is 9.92. The summed E-state index contributed by atoms with van der Waals surface area (Å²) in [6.07, 6.45) is 6.64. The molecule has 7 nitrogen and oxygen atoms in total. The minimum absolute atomic E-state index is 0.00453. The smallest absolute Gasteiger partial charge is 0.243 e. The lowest BCUT2D eigenvalue weighted by Crippen LogP contribution is -2.37. The number of piperidine rings is 1. The van der Waals surface area contributed by atoms with E-state index in [1.54, 1.807) is 10.9 Å². The van der Waals surface area contributed by atoms with Gasteiger partial charge in [0.1, 0.15) is 0 Å². The molecule has 2 amide bonds. The second-order valence-corrected chi connectivity index (χ2v) is 7.13. The molecule has 1 saturated carbocycles. The molecule has 136 valence electrons. The molecule has 1 aliphatic heterocycles. The molecule has 3 N–H and O–H groups in total. The molecule has 0 radical (unpaired) electrons. The molecule has 1 unspecified atom stereocenters. The van der Waals surface area contributed by atoms with Gasteiger partial charge in [0.2, 0.25) is 11.8 Å². The summed E-state index contributed by atoms with van der Waals surface area (Å²) in [6.45, 7) is 1.97. The van der Waals surface area contributed by atoms with E-state index in [4.69, 9.17) is 0 Å². The molecule has 2 aromatic rings. The normalized spacial score (nSPS) is 20.5. The summed E-state index contributed by atoms with van der Waals surface area (Å²) >= 11 is 0. The minimum atomic E-state index is -0.217. The van der Waals surface area contributed by atoms with E-state index in [2.05, 4.69) is 21.0 Å². The maximum atomic E-state index is 12.3. The van der Waals surface area contributed by atoms with Crippen LogP contribution in [-0.4, -0.2) is 41.2 Å². The first kappa shape index (κ1) is 16.8. The van der Waals surface area contributed by atoms with Crippen LogP contribution in [-0.2, 0) is 9.59 Å². The second kappa shape index (κ2) is 6.92. The first-order valence-corrected chi connectivity index (χ1v) is 9.05. The zero-order valence-corrected chi connectivity index (χ0v) is 14.6. The van der Waals surface area contributed by atoms with Crippen LogP contribution < -0.4 is 16.0 Å². The Bertz CT molecular complexity index is 779. The number of nitrogens with one attached hydrogen (secondary N) is 3. The van der Waals surface area contributed by atoms with Gasteiger partial charge in [-0.15, -0.1) is 0 Å². The van der Waals surface area contributed by atoms with Crippen LogP contribution >= 0.6 is 0 Å². The standard InChI is InChI=1S/C19H23N5O2/c25-17(13-21-18(26)16-12-19(16)6-9-20-10-7-19)23-14-2-4-15(5-3-14)24-11-1-8-22-24/h1-5,8,11,16,20H,6-7,9-10,12-13H2,(H,21,26)(H,23,25). The Morgan fingerprint density at radius 1 is 1.23 bits per heavy atom. The summed E-state index contributed by atoms with van der Waals surface area (Å²) < 4.78 is 1.75. The molecule has 0 bridgehead atoms. The highest BCUT2D eigenvalue weighted by molar-refractivity contribution is 5.95. The van der Waals surface area contributed by atoms with E-state index in [-0.39, 0.29) is 29.7 Å². The predicted molar refractivity (Wildman–Crippen MR) is 97.8 cm³/mol. The van der Waals surface area contributed by atoms with Crippen LogP contribution in [0.2, 0.25) is 0 Å². The third-order valence-electron chi connectivity index (χ3n) is 5.45. The Hall–Kier alpha value is -2.67. The molecule has 2 aliphatic rings. The fourth-order valence-corrected chi connectivity index (χ4v) is 3.81. The Labute approximate surface area is 152 Å². The van der Waals surface area contributed by atoms with E-state index in [0.717, 1.165) is 38.0 Å². The quantitative estimate of drug-likeness (QED) is 0.756. The molecule has 2 fully saturated rings. The highest BCUT2D eigenvalue weighted by Crippen LogP contribution is 2.58. The maximum absolute atomic E-state index is 12.3. The fraction of sp³-hybridized carbons (Fsp3) is 0.421. The molecular formula is C19H23N5O2. The topological polar surface area (TPSA) is 88.0 Å². The Morgan fingerprint density at radius 2 is 2.00 bits per heavy atom. The van der Waals surface area contributed by atoms with Gasteiger partial charge in [-0.05, 0) is 68.1 Å². The van der Waals surface area contributed by atoms with Crippen molar-refractivity contribution in [1.82, 2.24) is 20.4 Å². The third kappa shape index (κ3) is 3.48. The summed E-state index contributed by atoms with van der Waals surface area (Å²) in [7, 11) is 0. The lowest BCUT2D eigenvalue weighted by molar-refractivity contribution is -0.125. The van der Waals surface area contributed by atoms with Crippen molar-refractivity contribution in [3.05, 3.63) is 42.7 Å². The zero-order chi connectivity index (χ0) is 18.0. The van der Waals surface area contributed by atoms with E-state index in [1.807, 2.05) is 36.5 Å². The van der Waals surface area contributed by atoms with Crippen LogP contribution in [0.3, 0.4) is 0 Å². The lowest BCUT2D eigenvalue weighted by Gasteiger charge is -2.23. The van der Waals surface area contributed by atoms with Gasteiger partial charge >= 0.3 is 0 Å². The number of carbonyl (C=O) groups excluding carboxylic acids is 2. The number of hydrogen-bond acceptors (Lipinski definition) is 4. The van der Waals surface area contributed by atoms with Gasteiger partial charge in [-0.25, -0.2) is 4.68 Å². The molecule has 1 aromatic heterocycles. The van der Waals surface area contributed by atoms with Crippen molar-refractivity contribution in [2.45, 2.75) is 19.3 Å². The molecule has 1 aromatic carbocycles. The van der Waals surface area contributed by atoms with Gasteiger partial charge in [0, 0.05) is 24.0 Å². The van der Waals surface area contributed by atoms with Gasteiger partial charge in [0.15, 0.2) is 0 Å². The Balaban J connectivity index is 1.25. The second-order valence-electron chi connectivity index (χ2n) is 7.13. The van der Waals surface area contributed by atoms with Crippen LogP contribution in [0.1, 0.15) is 19.3 Å². The minimum Gasteiger partial charge on any atom is -0.347 e. The van der Waals surface area contributed by atoms with Crippen molar-refractivity contribution in [2.75, 3.05) is 25.0 Å². The van der Waals surface area contributed by atoms with Gasteiger partial charge in [-0.2, -0.15) is 5.10 Å². The van der Waals surface area contributed by atoms with Gasteiger partial charge in [0.25, 0.3) is 0 Å². The number of nitrogens with zero attached hydrogens (tertiary/aromatic N) is 2. The highest BCUT2D eigenvalue weighted by Gasteiger charge is 2.57. The molecule has 1 aliphatic carbocycles. The van der Waals surface area contributed by atoms with Crippen molar-refractivity contribution in [3.63, 3.8) is 0 Å². The van der Waals surface area contributed by atoms with Gasteiger partial charge in [-0.1, -0.05) is 0 Å². The molecule has 4 rings (SSSR count). The van der Waals surface area contributed by atoms with Crippen LogP contribution in [0.4, 0.5) is 5.69 Å². The van der Waals surface area contributed by atoms with Crippen LogP contribution in [0.25, 0.3) is 5.69 Å². The number of aromatic nitrogens is 2. The predicted octanol–water partition coefficient (Wildman–Crippen LogP) is 1.32. The molecule has 1 atom stereocenters. The number of hydrogen-bond donors (Lipinski definition) is 3. The van der Waals surface area contributed by atoms with Crippen molar-refractivity contribution < 1.29 is 9.59 Å². The number of anilines is 1. The molecule has 26 heavy (non-hydrogen) atoms. The molecule has 2 heterocycles. The number of benzene rings is 1. The van der Waals surface area contributed by atoms with Crippen molar-refractivity contribution in [3.8, 4) is 5.69 Å². The van der Waals surface area contributed by atoms with Gasteiger partial charge in [-0.3, -0.25) is 9.59 Å². The van der Waals surface area contributed by atoms with Crippen molar-refractivity contribution in [1.29, 1.82) is 0 Å². The monoisotopic (exact) mass is 353 g/mol. The van der Waals surface area contributed by atoms with Crippen molar-refractivity contribution in [2.24, 2.45) is 11.3 Å². The summed E-state index contributed by atoms with van der Waals surface area (Å²) in [5.41, 5.74) is 1.80. The van der Waals surface area contributed by atoms with Crippen LogP contribution in [0.5, 0.6) is 0 Å². The molecular weight excluding hydrogens is 330 g/mol. The largest absolute Gasteiger partial charge is 0.347 e. The van der Waals surface area contributed by atoms with Gasteiger partial charge in [0.05, 0.1) is 12.2 Å². The Kier molecular flexibility index (Phi) is 4.46. The van der Waals surface area contributed by atoms with Crippen molar-refractivity contribution >= 4 is 17.5 Å². The van der Waals surface area contributed by atoms with Gasteiger partial charge < -0.3 is 16.0 Å². The SMILES string of the molecule is O=C(CNC(=O)C1CC12CCNCC2)Nc1ccc(-n2cccn2)cc1. The van der Waals surface area contributed by atoms with E-state index in [0.29, 0.717) is 5.69 Å². The average Bonchev–Trinajstić information content (AvgIpc) is 3.09. The summed E-state index contributed by atoms with van der Waals surface area (Å²) in [5.74, 6) is -0.132. The summed E-state index contributed by atoms with van der Waals surface area (Å²) in [6, 6.07) is 9.26. The summed E-state index contributed by atoms with van der Waals surface area (Å²) in [4.78, 5) is 24.4. The highest BCUT2D eigenvalue weighted by atomic mass is 16.2. The molecule has 7 heteroatoms. The fourth-order valence-electron chi connectivity index (χ4n) is 3.81. The maximum Gasteiger partial charge on any atom is 0.243 e. The first-order valence-electron chi connectivity index (χ1n) is 9.05. The molecule has 1 saturated heterocycles. The van der Waals surface area contributed by atoms with E-state index >= 15 is 0 Å². The average molecular weight is 353 g/mol. The van der Waals surface area contributed by atoms with E-state index in [9.17, 15) is 9.59 Å². The van der Waals surface area contributed by atoms with E-state index < -0.39 is 0 Å². The van der Waals surface area contributed by atoms with Crippen LogP contribution in [0, 0.1) is 11.3 Å². The van der Waals surface area contributed by atoms with E-state index in [1.165, 1.54) is 0 Å². The van der Waals surface area contributed by atoms with Crippen LogP contribution in [0.15, 0.2) is 42.7 Å². The summed E-state index contributed by atoms with van der Waals surface area (Å²) in [5, 5.41) is 13.1.